The second kappa shape index (κ2) is 6.92. The zero-order valence-corrected chi connectivity index (χ0v) is 14.8. The first kappa shape index (κ1) is 16.2. The van der Waals surface area contributed by atoms with Crippen molar-refractivity contribution in [2.75, 3.05) is 5.32 Å². The summed E-state index contributed by atoms with van der Waals surface area (Å²) >= 11 is 0. The van der Waals surface area contributed by atoms with Gasteiger partial charge in [-0.15, -0.1) is 0 Å². The molecule has 0 saturated carbocycles. The van der Waals surface area contributed by atoms with Crippen LogP contribution in [-0.2, 0) is 13.0 Å². The Hall–Kier alpha value is -3.28. The van der Waals surface area contributed by atoms with E-state index in [9.17, 15) is 0 Å². The largest absolute Gasteiger partial charge is 0.366 e. The molecular formula is C20H20N6. The number of hydrogen-bond donors (Lipinski definition) is 1. The molecule has 0 fully saturated rings. The number of nitrogens with zero attached hydrogens (tertiary/aromatic N) is 5. The summed E-state index contributed by atoms with van der Waals surface area (Å²) in [6.45, 7) is 4.63. The van der Waals surface area contributed by atoms with Gasteiger partial charge in [-0.05, 0) is 31.5 Å². The van der Waals surface area contributed by atoms with Crippen LogP contribution in [0.4, 0.5) is 5.82 Å². The number of pyridine rings is 1. The summed E-state index contributed by atoms with van der Waals surface area (Å²) in [6.07, 6.45) is 6.40. The van der Waals surface area contributed by atoms with E-state index < -0.39 is 0 Å². The van der Waals surface area contributed by atoms with Crippen molar-refractivity contribution in [2.45, 2.75) is 26.8 Å². The molecule has 0 aliphatic rings. The van der Waals surface area contributed by atoms with E-state index >= 15 is 0 Å². The van der Waals surface area contributed by atoms with Crippen LogP contribution in [0.1, 0.15) is 23.9 Å². The summed E-state index contributed by atoms with van der Waals surface area (Å²) in [7, 11) is 0. The minimum atomic E-state index is 0.624. The molecule has 0 bridgehead atoms. The molecule has 3 heterocycles. The number of benzene rings is 1. The highest BCUT2D eigenvalue weighted by Gasteiger charge is 2.11. The Labute approximate surface area is 152 Å². The molecule has 0 spiro atoms. The third-order valence-electron chi connectivity index (χ3n) is 4.36. The maximum absolute atomic E-state index is 4.59. The summed E-state index contributed by atoms with van der Waals surface area (Å²) in [5.41, 5.74) is 4.18. The molecule has 0 atom stereocenters. The predicted octanol–water partition coefficient (Wildman–Crippen LogP) is 3.69. The topological polar surface area (TPSA) is 68.5 Å². The van der Waals surface area contributed by atoms with Crippen LogP contribution in [-0.4, -0.2) is 24.5 Å². The van der Waals surface area contributed by atoms with Gasteiger partial charge in [0.05, 0.1) is 11.0 Å². The number of aromatic nitrogens is 5. The minimum absolute atomic E-state index is 0.624. The average Bonchev–Trinajstić information content (AvgIpc) is 3.11. The maximum Gasteiger partial charge on any atom is 0.143 e. The molecule has 0 aliphatic heterocycles. The second-order valence-electron chi connectivity index (χ2n) is 6.09. The van der Waals surface area contributed by atoms with E-state index in [2.05, 4.69) is 44.3 Å². The van der Waals surface area contributed by atoms with Crippen LogP contribution >= 0.6 is 0 Å². The molecule has 0 unspecified atom stereocenters. The third kappa shape index (κ3) is 3.01. The van der Waals surface area contributed by atoms with Crippen LogP contribution in [0.25, 0.3) is 16.9 Å². The van der Waals surface area contributed by atoms with Gasteiger partial charge in [-0.3, -0.25) is 4.57 Å². The Morgan fingerprint density at radius 3 is 2.77 bits per heavy atom. The van der Waals surface area contributed by atoms with E-state index in [4.69, 9.17) is 0 Å². The lowest BCUT2D eigenvalue weighted by molar-refractivity contribution is 0.944. The summed E-state index contributed by atoms with van der Waals surface area (Å²) in [6, 6.07) is 12.1. The summed E-state index contributed by atoms with van der Waals surface area (Å²) in [4.78, 5) is 17.9. The Morgan fingerprint density at radius 2 is 1.88 bits per heavy atom. The number of aryl methyl sites for hydroxylation is 2. The highest BCUT2D eigenvalue weighted by molar-refractivity contribution is 5.77. The van der Waals surface area contributed by atoms with E-state index in [1.165, 1.54) is 0 Å². The molecule has 26 heavy (non-hydrogen) atoms. The molecule has 4 aromatic rings. The fraction of sp³-hybridized carbons (Fsp3) is 0.200. The SMILES string of the molecule is CCc1cnc(C)nc1NCc1cccnc1-n1cnc2ccccc21. The molecule has 0 amide bonds. The molecule has 3 aromatic heterocycles. The number of fused-ring (bicyclic) bond motifs is 1. The number of imidazole rings is 1. The maximum atomic E-state index is 4.59. The first-order valence-electron chi connectivity index (χ1n) is 8.69. The van der Waals surface area contributed by atoms with Gasteiger partial charge in [-0.1, -0.05) is 25.1 Å². The van der Waals surface area contributed by atoms with E-state index in [-0.39, 0.29) is 0 Å². The number of para-hydroxylation sites is 2. The van der Waals surface area contributed by atoms with Crippen molar-refractivity contribution in [3.05, 3.63) is 72.1 Å². The third-order valence-corrected chi connectivity index (χ3v) is 4.36. The van der Waals surface area contributed by atoms with E-state index in [0.29, 0.717) is 6.54 Å². The lowest BCUT2D eigenvalue weighted by Crippen LogP contribution is -2.09. The molecule has 0 radical (unpaired) electrons. The smallest absolute Gasteiger partial charge is 0.143 e. The molecule has 6 heteroatoms. The van der Waals surface area contributed by atoms with Crippen LogP contribution in [0.5, 0.6) is 0 Å². The zero-order chi connectivity index (χ0) is 17.9. The van der Waals surface area contributed by atoms with Crippen molar-refractivity contribution < 1.29 is 0 Å². The average molecular weight is 344 g/mol. The van der Waals surface area contributed by atoms with Gasteiger partial charge in [0.1, 0.15) is 23.8 Å². The van der Waals surface area contributed by atoms with Crippen molar-refractivity contribution in [1.29, 1.82) is 0 Å². The monoisotopic (exact) mass is 344 g/mol. The van der Waals surface area contributed by atoms with Gasteiger partial charge in [0.25, 0.3) is 0 Å². The summed E-state index contributed by atoms with van der Waals surface area (Å²) in [5.74, 6) is 2.51. The van der Waals surface area contributed by atoms with Crippen molar-refractivity contribution in [3.63, 3.8) is 0 Å². The zero-order valence-electron chi connectivity index (χ0n) is 14.8. The lowest BCUT2D eigenvalue weighted by Gasteiger charge is -2.13. The Kier molecular flexibility index (Phi) is 4.31. The highest BCUT2D eigenvalue weighted by atomic mass is 15.1. The fourth-order valence-corrected chi connectivity index (χ4v) is 3.00. The van der Waals surface area contributed by atoms with Crippen LogP contribution in [0, 0.1) is 6.92 Å². The van der Waals surface area contributed by atoms with Crippen LogP contribution in [0.15, 0.2) is 55.1 Å². The summed E-state index contributed by atoms with van der Waals surface area (Å²) < 4.78 is 2.03. The molecule has 130 valence electrons. The Morgan fingerprint density at radius 1 is 1.00 bits per heavy atom. The van der Waals surface area contributed by atoms with Crippen LogP contribution in [0.2, 0.25) is 0 Å². The standard InChI is InChI=1S/C20H20N6/c1-3-15-11-22-14(2)25-19(15)23-12-16-7-6-10-21-20(16)26-13-24-17-8-4-5-9-18(17)26/h4-11,13H,3,12H2,1-2H3,(H,22,23,25). The van der Waals surface area contributed by atoms with E-state index in [0.717, 1.165) is 46.0 Å². The van der Waals surface area contributed by atoms with Crippen molar-refractivity contribution in [1.82, 2.24) is 24.5 Å². The lowest BCUT2D eigenvalue weighted by atomic mass is 10.2. The van der Waals surface area contributed by atoms with Crippen molar-refractivity contribution >= 4 is 16.9 Å². The van der Waals surface area contributed by atoms with Crippen molar-refractivity contribution in [2.24, 2.45) is 0 Å². The minimum Gasteiger partial charge on any atom is -0.366 e. The van der Waals surface area contributed by atoms with Crippen molar-refractivity contribution in [3.8, 4) is 5.82 Å². The second-order valence-corrected chi connectivity index (χ2v) is 6.09. The molecule has 1 N–H and O–H groups in total. The van der Waals surface area contributed by atoms with E-state index in [1.54, 1.807) is 6.20 Å². The predicted molar refractivity (Wildman–Crippen MR) is 102 cm³/mol. The molecule has 1 aromatic carbocycles. The number of nitrogens with one attached hydrogen (secondary N) is 1. The fourth-order valence-electron chi connectivity index (χ4n) is 3.00. The van der Waals surface area contributed by atoms with Gasteiger partial charge in [-0.2, -0.15) is 0 Å². The molecule has 0 saturated heterocycles. The molecule has 0 aliphatic carbocycles. The summed E-state index contributed by atoms with van der Waals surface area (Å²) in [5, 5.41) is 3.45. The number of hydrogen-bond acceptors (Lipinski definition) is 5. The van der Waals surface area contributed by atoms with Gasteiger partial charge in [0, 0.05) is 30.1 Å². The normalized spacial score (nSPS) is 11.0. The van der Waals surface area contributed by atoms with Gasteiger partial charge in [0.2, 0.25) is 0 Å². The molecular weight excluding hydrogens is 324 g/mol. The van der Waals surface area contributed by atoms with Gasteiger partial charge in [0.15, 0.2) is 0 Å². The van der Waals surface area contributed by atoms with Gasteiger partial charge in [-0.25, -0.2) is 19.9 Å². The Balaban J connectivity index is 1.68. The van der Waals surface area contributed by atoms with Gasteiger partial charge >= 0.3 is 0 Å². The number of anilines is 1. The first-order valence-corrected chi connectivity index (χ1v) is 8.69. The Bertz CT molecular complexity index is 1050. The number of rotatable bonds is 5. The van der Waals surface area contributed by atoms with Crippen LogP contribution in [0.3, 0.4) is 0 Å². The highest BCUT2D eigenvalue weighted by Crippen LogP contribution is 2.20. The molecule has 4 rings (SSSR count). The van der Waals surface area contributed by atoms with Crippen LogP contribution < -0.4 is 5.32 Å². The first-order chi connectivity index (χ1) is 12.8. The van der Waals surface area contributed by atoms with Gasteiger partial charge < -0.3 is 5.32 Å². The molecule has 6 nitrogen and oxygen atoms in total. The van der Waals surface area contributed by atoms with E-state index in [1.807, 2.05) is 48.3 Å². The quantitative estimate of drug-likeness (QED) is 0.598.